The molecule has 0 fully saturated rings. The number of aromatic hydroxyl groups is 1. The lowest BCUT2D eigenvalue weighted by Gasteiger charge is -2.00. The van der Waals surface area contributed by atoms with Crippen molar-refractivity contribution in [2.45, 2.75) is 13.8 Å². The van der Waals surface area contributed by atoms with Gasteiger partial charge in [-0.2, -0.15) is 0 Å². The van der Waals surface area contributed by atoms with E-state index in [1.807, 2.05) is 19.2 Å². The summed E-state index contributed by atoms with van der Waals surface area (Å²) in [4.78, 5) is 7.65. The van der Waals surface area contributed by atoms with Gasteiger partial charge in [0.25, 0.3) is 0 Å². The molecule has 0 bridgehead atoms. The molecule has 2 aromatic rings. The van der Waals surface area contributed by atoms with Crippen molar-refractivity contribution in [3.8, 4) is 5.75 Å². The second-order valence-corrected chi connectivity index (χ2v) is 4.61. The Hall–Kier alpha value is -2.29. The molecule has 0 amide bonds. The third-order valence-electron chi connectivity index (χ3n) is 3.12. The summed E-state index contributed by atoms with van der Waals surface area (Å²) in [5.41, 5.74) is 6.34. The molecule has 0 atom stereocenters. The molecule has 90 valence electrons. The number of aryl methyl sites for hydroxylation is 2. The van der Waals surface area contributed by atoms with Crippen LogP contribution in [0.15, 0.2) is 29.3 Å². The molecular formula is C15H14N2O. The van der Waals surface area contributed by atoms with Crippen molar-refractivity contribution in [3.05, 3.63) is 46.8 Å². The molecular weight excluding hydrogens is 224 g/mol. The molecule has 18 heavy (non-hydrogen) atoms. The predicted octanol–water partition coefficient (Wildman–Crippen LogP) is 3.59. The SMILES string of the molecule is Cc1cc(C)c(C=C2C=Nc3ccc(O)cc32)[nH]1. The van der Waals surface area contributed by atoms with Crippen molar-refractivity contribution >= 4 is 23.6 Å². The Bertz CT molecular complexity index is 678. The summed E-state index contributed by atoms with van der Waals surface area (Å²) in [6, 6.07) is 7.35. The van der Waals surface area contributed by atoms with E-state index in [-0.39, 0.29) is 5.75 Å². The minimum atomic E-state index is 0.268. The Morgan fingerprint density at radius 1 is 1.22 bits per heavy atom. The summed E-state index contributed by atoms with van der Waals surface area (Å²) in [5, 5.41) is 9.55. The maximum Gasteiger partial charge on any atom is 0.116 e. The molecule has 0 radical (unpaired) electrons. The van der Waals surface area contributed by atoms with Gasteiger partial charge in [0.1, 0.15) is 5.75 Å². The first-order chi connectivity index (χ1) is 8.63. The number of hydrogen-bond acceptors (Lipinski definition) is 2. The molecule has 2 N–H and O–H groups in total. The van der Waals surface area contributed by atoms with Gasteiger partial charge in [0.15, 0.2) is 0 Å². The summed E-state index contributed by atoms with van der Waals surface area (Å²) < 4.78 is 0. The smallest absolute Gasteiger partial charge is 0.116 e. The zero-order chi connectivity index (χ0) is 12.7. The van der Waals surface area contributed by atoms with Crippen LogP contribution in [-0.4, -0.2) is 16.3 Å². The number of aromatic amines is 1. The molecule has 1 aliphatic rings. The van der Waals surface area contributed by atoms with E-state index in [4.69, 9.17) is 0 Å². The van der Waals surface area contributed by atoms with Crippen LogP contribution in [0.2, 0.25) is 0 Å². The highest BCUT2D eigenvalue weighted by atomic mass is 16.3. The average molecular weight is 238 g/mol. The number of aromatic nitrogens is 1. The van der Waals surface area contributed by atoms with Gasteiger partial charge < -0.3 is 10.1 Å². The number of hydrogen-bond donors (Lipinski definition) is 2. The molecule has 0 spiro atoms. The van der Waals surface area contributed by atoms with Gasteiger partial charge in [0.2, 0.25) is 0 Å². The van der Waals surface area contributed by atoms with E-state index in [1.165, 1.54) is 5.56 Å². The van der Waals surface area contributed by atoms with Crippen molar-refractivity contribution in [2.24, 2.45) is 4.99 Å². The zero-order valence-electron chi connectivity index (χ0n) is 10.4. The number of fused-ring (bicyclic) bond motifs is 1. The summed E-state index contributed by atoms with van der Waals surface area (Å²) in [6.45, 7) is 4.11. The van der Waals surface area contributed by atoms with Crippen LogP contribution in [0, 0.1) is 13.8 Å². The molecule has 3 nitrogen and oxygen atoms in total. The largest absolute Gasteiger partial charge is 0.508 e. The van der Waals surface area contributed by atoms with Gasteiger partial charge in [0, 0.05) is 28.7 Å². The Morgan fingerprint density at radius 2 is 2.06 bits per heavy atom. The van der Waals surface area contributed by atoms with Gasteiger partial charge in [-0.3, -0.25) is 4.99 Å². The maximum atomic E-state index is 9.55. The topological polar surface area (TPSA) is 48.4 Å². The number of rotatable bonds is 1. The zero-order valence-corrected chi connectivity index (χ0v) is 10.4. The fourth-order valence-electron chi connectivity index (χ4n) is 2.25. The molecule has 1 aromatic heterocycles. The summed E-state index contributed by atoms with van der Waals surface area (Å²) in [6.07, 6.45) is 3.90. The highest BCUT2D eigenvalue weighted by Crippen LogP contribution is 2.35. The van der Waals surface area contributed by atoms with E-state index in [0.717, 1.165) is 28.2 Å². The number of allylic oxidation sites excluding steroid dienone is 1. The summed E-state index contributed by atoms with van der Waals surface area (Å²) in [7, 11) is 0. The number of benzene rings is 1. The van der Waals surface area contributed by atoms with Crippen LogP contribution in [0.5, 0.6) is 5.75 Å². The number of nitrogens with zero attached hydrogens (tertiary/aromatic N) is 1. The monoisotopic (exact) mass is 238 g/mol. The van der Waals surface area contributed by atoms with E-state index >= 15 is 0 Å². The minimum absolute atomic E-state index is 0.268. The Kier molecular flexibility index (Phi) is 2.33. The van der Waals surface area contributed by atoms with Crippen LogP contribution in [0.25, 0.3) is 11.6 Å². The van der Waals surface area contributed by atoms with Crippen LogP contribution in [0.4, 0.5) is 5.69 Å². The molecule has 3 heteroatoms. The summed E-state index contributed by atoms with van der Waals surface area (Å²) >= 11 is 0. The van der Waals surface area contributed by atoms with Gasteiger partial charge in [-0.15, -0.1) is 0 Å². The van der Waals surface area contributed by atoms with Gasteiger partial charge in [-0.25, -0.2) is 0 Å². The fourth-order valence-corrected chi connectivity index (χ4v) is 2.25. The number of aliphatic imine (C=N–C) groups is 1. The van der Waals surface area contributed by atoms with Crippen molar-refractivity contribution < 1.29 is 5.11 Å². The van der Waals surface area contributed by atoms with Crippen LogP contribution >= 0.6 is 0 Å². The first-order valence-electron chi connectivity index (χ1n) is 5.89. The van der Waals surface area contributed by atoms with E-state index in [2.05, 4.69) is 29.0 Å². The van der Waals surface area contributed by atoms with E-state index in [0.29, 0.717) is 0 Å². The van der Waals surface area contributed by atoms with Crippen LogP contribution in [-0.2, 0) is 0 Å². The fraction of sp³-hybridized carbons (Fsp3) is 0.133. The summed E-state index contributed by atoms with van der Waals surface area (Å²) in [5.74, 6) is 0.268. The molecule has 1 aliphatic heterocycles. The van der Waals surface area contributed by atoms with Crippen LogP contribution in [0.1, 0.15) is 22.5 Å². The lowest BCUT2D eigenvalue weighted by molar-refractivity contribution is 0.475. The number of nitrogens with one attached hydrogen (secondary N) is 1. The van der Waals surface area contributed by atoms with Crippen LogP contribution < -0.4 is 0 Å². The van der Waals surface area contributed by atoms with E-state index in [9.17, 15) is 5.11 Å². The molecule has 2 heterocycles. The van der Waals surface area contributed by atoms with Gasteiger partial charge in [-0.1, -0.05) is 0 Å². The molecule has 1 aromatic carbocycles. The number of phenolic OH excluding ortho intramolecular Hbond substituents is 1. The first-order valence-corrected chi connectivity index (χ1v) is 5.89. The van der Waals surface area contributed by atoms with E-state index in [1.54, 1.807) is 12.1 Å². The second-order valence-electron chi connectivity index (χ2n) is 4.61. The lowest BCUT2D eigenvalue weighted by atomic mass is 10.1. The standard InChI is InChI=1S/C15H14N2O/c1-9-5-10(2)17-15(9)6-11-8-16-14-4-3-12(18)7-13(11)14/h3-8,17-18H,1-2H3. The Morgan fingerprint density at radius 3 is 2.78 bits per heavy atom. The molecule has 0 saturated heterocycles. The third kappa shape index (κ3) is 1.74. The highest BCUT2D eigenvalue weighted by Gasteiger charge is 2.13. The average Bonchev–Trinajstić information content (AvgIpc) is 2.84. The number of phenols is 1. The third-order valence-corrected chi connectivity index (χ3v) is 3.12. The predicted molar refractivity (Wildman–Crippen MR) is 74.4 cm³/mol. The van der Waals surface area contributed by atoms with Crippen molar-refractivity contribution in [1.82, 2.24) is 4.98 Å². The highest BCUT2D eigenvalue weighted by molar-refractivity contribution is 6.21. The van der Waals surface area contributed by atoms with Gasteiger partial charge >= 0.3 is 0 Å². The number of H-pyrrole nitrogens is 1. The maximum absolute atomic E-state index is 9.55. The van der Waals surface area contributed by atoms with E-state index < -0.39 is 0 Å². The van der Waals surface area contributed by atoms with Crippen molar-refractivity contribution in [2.75, 3.05) is 0 Å². The quantitative estimate of drug-likeness (QED) is 0.783. The van der Waals surface area contributed by atoms with Crippen molar-refractivity contribution in [3.63, 3.8) is 0 Å². The molecule has 3 rings (SSSR count). The molecule has 0 aliphatic carbocycles. The molecule has 0 unspecified atom stereocenters. The Labute approximate surface area is 106 Å². The van der Waals surface area contributed by atoms with Crippen LogP contribution in [0.3, 0.4) is 0 Å². The van der Waals surface area contributed by atoms with Crippen molar-refractivity contribution in [1.29, 1.82) is 0 Å². The molecule has 0 saturated carbocycles. The first kappa shape index (κ1) is 10.8. The normalized spacial score (nSPS) is 15.3. The van der Waals surface area contributed by atoms with Gasteiger partial charge in [0.05, 0.1) is 5.69 Å². The second kappa shape index (κ2) is 3.88. The van der Waals surface area contributed by atoms with Gasteiger partial charge in [-0.05, 0) is 49.8 Å². The Balaban J connectivity index is 2.09. The minimum Gasteiger partial charge on any atom is -0.508 e. The lowest BCUT2D eigenvalue weighted by Crippen LogP contribution is -1.83.